The predicted octanol–water partition coefficient (Wildman–Crippen LogP) is 2.45. The first-order valence-electron chi connectivity index (χ1n) is 4.12. The van der Waals surface area contributed by atoms with Crippen LogP contribution in [-0.2, 0) is 9.53 Å². The molecular formula is C9H6Cl2FNO2. The zero-order chi connectivity index (χ0) is 11.0. The zero-order valence-corrected chi connectivity index (χ0v) is 8.98. The Hall–Kier alpha value is -0.840. The van der Waals surface area contributed by atoms with E-state index in [0.717, 1.165) is 0 Å². The first kappa shape index (κ1) is 10.7. The van der Waals surface area contributed by atoms with Crippen LogP contribution in [0, 0.1) is 5.82 Å². The second kappa shape index (κ2) is 3.96. The summed E-state index contributed by atoms with van der Waals surface area (Å²) in [7, 11) is 0. The molecule has 0 N–H and O–H groups in total. The standard InChI is InChI=1S/C9H6Cl2FNO2/c10-6-1-5(2-7(11)9(6)12)13-4-15-3-8(13)14/h1-2H,3-4H2. The monoisotopic (exact) mass is 249 g/mol. The topological polar surface area (TPSA) is 29.5 Å². The largest absolute Gasteiger partial charge is 0.351 e. The molecule has 0 aliphatic carbocycles. The van der Waals surface area contributed by atoms with Crippen LogP contribution in [-0.4, -0.2) is 19.2 Å². The van der Waals surface area contributed by atoms with Crippen molar-refractivity contribution in [3.63, 3.8) is 0 Å². The van der Waals surface area contributed by atoms with Crippen molar-refractivity contribution in [1.29, 1.82) is 0 Å². The van der Waals surface area contributed by atoms with Crippen molar-refractivity contribution in [3.05, 3.63) is 28.0 Å². The molecule has 1 aliphatic rings. The Morgan fingerprint density at radius 3 is 2.40 bits per heavy atom. The third-order valence-corrected chi connectivity index (χ3v) is 2.58. The smallest absolute Gasteiger partial charge is 0.254 e. The van der Waals surface area contributed by atoms with Crippen molar-refractivity contribution in [2.75, 3.05) is 18.2 Å². The highest BCUT2D eigenvalue weighted by Crippen LogP contribution is 2.30. The highest BCUT2D eigenvalue weighted by molar-refractivity contribution is 6.35. The Balaban J connectivity index is 2.41. The van der Waals surface area contributed by atoms with Crippen LogP contribution in [0.5, 0.6) is 0 Å². The number of ether oxygens (including phenoxy) is 1. The molecule has 0 bridgehead atoms. The highest BCUT2D eigenvalue weighted by atomic mass is 35.5. The Bertz CT molecular complexity index is 402. The lowest BCUT2D eigenvalue weighted by Gasteiger charge is -2.14. The lowest BCUT2D eigenvalue weighted by molar-refractivity contribution is -0.117. The Morgan fingerprint density at radius 2 is 1.93 bits per heavy atom. The summed E-state index contributed by atoms with van der Waals surface area (Å²) in [6.45, 7) is 0.156. The third-order valence-electron chi connectivity index (χ3n) is 2.03. The Kier molecular flexibility index (Phi) is 2.82. The summed E-state index contributed by atoms with van der Waals surface area (Å²) in [6.07, 6.45) is 0. The van der Waals surface area contributed by atoms with Gasteiger partial charge in [0.25, 0.3) is 5.91 Å². The molecule has 0 spiro atoms. The minimum Gasteiger partial charge on any atom is -0.351 e. The number of anilines is 1. The van der Waals surface area contributed by atoms with Crippen molar-refractivity contribution in [1.82, 2.24) is 0 Å². The van der Waals surface area contributed by atoms with Gasteiger partial charge in [-0.05, 0) is 12.1 Å². The van der Waals surface area contributed by atoms with E-state index in [0.29, 0.717) is 5.69 Å². The van der Waals surface area contributed by atoms with Crippen molar-refractivity contribution in [2.45, 2.75) is 0 Å². The van der Waals surface area contributed by atoms with Crippen LogP contribution in [0.3, 0.4) is 0 Å². The van der Waals surface area contributed by atoms with Gasteiger partial charge in [0, 0.05) is 5.69 Å². The summed E-state index contributed by atoms with van der Waals surface area (Å²) >= 11 is 11.2. The average molecular weight is 250 g/mol. The Labute approximate surface area is 95.3 Å². The zero-order valence-electron chi connectivity index (χ0n) is 7.47. The van der Waals surface area contributed by atoms with Gasteiger partial charge >= 0.3 is 0 Å². The van der Waals surface area contributed by atoms with Gasteiger partial charge in [0.05, 0.1) is 10.0 Å². The van der Waals surface area contributed by atoms with E-state index in [-0.39, 0.29) is 29.3 Å². The van der Waals surface area contributed by atoms with Crippen LogP contribution in [0.15, 0.2) is 12.1 Å². The molecule has 1 saturated heterocycles. The number of benzene rings is 1. The number of carbonyl (C=O) groups excluding carboxylic acids is 1. The SMILES string of the molecule is O=C1COCN1c1cc(Cl)c(F)c(Cl)c1. The van der Waals surface area contributed by atoms with Gasteiger partial charge < -0.3 is 4.74 Å². The molecule has 0 aromatic heterocycles. The molecule has 3 nitrogen and oxygen atoms in total. The van der Waals surface area contributed by atoms with Crippen LogP contribution < -0.4 is 4.90 Å². The molecule has 0 radical (unpaired) electrons. The van der Waals surface area contributed by atoms with E-state index in [2.05, 4.69) is 0 Å². The van der Waals surface area contributed by atoms with E-state index in [1.165, 1.54) is 17.0 Å². The summed E-state index contributed by atoms with van der Waals surface area (Å²) in [6, 6.07) is 2.69. The molecule has 1 fully saturated rings. The first-order chi connectivity index (χ1) is 7.09. The molecule has 0 atom stereocenters. The number of hydrogen-bond acceptors (Lipinski definition) is 2. The van der Waals surface area contributed by atoms with Gasteiger partial charge in [0.15, 0.2) is 5.82 Å². The highest BCUT2D eigenvalue weighted by Gasteiger charge is 2.23. The number of halogens is 3. The molecule has 1 heterocycles. The summed E-state index contributed by atoms with van der Waals surface area (Å²) in [4.78, 5) is 12.6. The van der Waals surface area contributed by atoms with Gasteiger partial charge in [-0.3, -0.25) is 9.69 Å². The molecule has 15 heavy (non-hydrogen) atoms. The van der Waals surface area contributed by atoms with E-state index in [4.69, 9.17) is 27.9 Å². The number of hydrogen-bond donors (Lipinski definition) is 0. The molecule has 1 amide bonds. The molecule has 2 rings (SSSR count). The summed E-state index contributed by atoms with van der Waals surface area (Å²) in [5.74, 6) is -0.886. The van der Waals surface area contributed by atoms with E-state index in [9.17, 15) is 9.18 Å². The van der Waals surface area contributed by atoms with Crippen molar-refractivity contribution in [3.8, 4) is 0 Å². The number of carbonyl (C=O) groups is 1. The fraction of sp³-hybridized carbons (Fsp3) is 0.222. The van der Waals surface area contributed by atoms with Crippen LogP contribution in [0.1, 0.15) is 0 Å². The van der Waals surface area contributed by atoms with E-state index in [1.807, 2.05) is 0 Å². The lowest BCUT2D eigenvalue weighted by Crippen LogP contribution is -2.24. The van der Waals surface area contributed by atoms with Gasteiger partial charge in [0.1, 0.15) is 13.3 Å². The fourth-order valence-electron chi connectivity index (χ4n) is 1.29. The second-order valence-corrected chi connectivity index (χ2v) is 3.84. The molecule has 0 unspecified atom stereocenters. The van der Waals surface area contributed by atoms with Gasteiger partial charge in [0.2, 0.25) is 0 Å². The summed E-state index contributed by atoms with van der Waals surface area (Å²) in [5, 5.41) is -0.227. The van der Waals surface area contributed by atoms with Gasteiger partial charge in [-0.2, -0.15) is 0 Å². The van der Waals surface area contributed by atoms with Crippen LogP contribution >= 0.6 is 23.2 Å². The minimum atomic E-state index is -0.686. The maximum absolute atomic E-state index is 13.1. The molecule has 6 heteroatoms. The minimum absolute atomic E-state index is 0.0205. The fourth-order valence-corrected chi connectivity index (χ4v) is 1.77. The van der Waals surface area contributed by atoms with Gasteiger partial charge in [-0.15, -0.1) is 0 Å². The third kappa shape index (κ3) is 1.93. The number of amides is 1. The lowest BCUT2D eigenvalue weighted by atomic mass is 10.3. The van der Waals surface area contributed by atoms with Crippen molar-refractivity contribution >= 4 is 34.8 Å². The first-order valence-corrected chi connectivity index (χ1v) is 4.88. The normalized spacial score (nSPS) is 16.2. The summed E-state index contributed by atoms with van der Waals surface area (Å²) < 4.78 is 18.0. The molecule has 1 aromatic rings. The van der Waals surface area contributed by atoms with Gasteiger partial charge in [-0.1, -0.05) is 23.2 Å². The molecular weight excluding hydrogens is 244 g/mol. The van der Waals surface area contributed by atoms with Crippen molar-refractivity contribution in [2.24, 2.45) is 0 Å². The molecule has 1 aliphatic heterocycles. The quantitative estimate of drug-likeness (QED) is 0.716. The number of nitrogens with zero attached hydrogens (tertiary/aromatic N) is 1. The van der Waals surface area contributed by atoms with E-state index in [1.54, 1.807) is 0 Å². The second-order valence-electron chi connectivity index (χ2n) is 3.02. The number of rotatable bonds is 1. The maximum atomic E-state index is 13.1. The maximum Gasteiger partial charge on any atom is 0.254 e. The predicted molar refractivity (Wildman–Crippen MR) is 54.7 cm³/mol. The van der Waals surface area contributed by atoms with Crippen LogP contribution in [0.25, 0.3) is 0 Å². The van der Waals surface area contributed by atoms with E-state index < -0.39 is 5.82 Å². The molecule has 0 saturated carbocycles. The van der Waals surface area contributed by atoms with Crippen molar-refractivity contribution < 1.29 is 13.9 Å². The van der Waals surface area contributed by atoms with Crippen LogP contribution in [0.2, 0.25) is 10.0 Å². The molecule has 80 valence electrons. The molecule has 1 aromatic carbocycles. The Morgan fingerprint density at radius 1 is 1.33 bits per heavy atom. The summed E-state index contributed by atoms with van der Waals surface area (Å²) in [5.41, 5.74) is 0.439. The average Bonchev–Trinajstić information content (AvgIpc) is 2.60. The van der Waals surface area contributed by atoms with E-state index >= 15 is 0 Å². The van der Waals surface area contributed by atoms with Crippen LogP contribution in [0.4, 0.5) is 10.1 Å². The van der Waals surface area contributed by atoms with Gasteiger partial charge in [-0.25, -0.2) is 4.39 Å².